The van der Waals surface area contributed by atoms with Crippen LogP contribution in [-0.2, 0) is 31.8 Å². The van der Waals surface area contributed by atoms with Crippen LogP contribution in [0.25, 0.3) is 0 Å². The number of hydrogen-bond donors (Lipinski definition) is 0. The van der Waals surface area contributed by atoms with Gasteiger partial charge >= 0.3 is 18.2 Å². The first-order chi connectivity index (χ1) is 19.1. The zero-order chi connectivity index (χ0) is 30.7. The summed E-state index contributed by atoms with van der Waals surface area (Å²) in [4.78, 5) is 32.5. The van der Waals surface area contributed by atoms with Crippen LogP contribution in [-0.4, -0.2) is 53.9 Å². The molecule has 226 valence electrons. The minimum atomic E-state index is -4.62. The molecule has 1 aliphatic heterocycles. The van der Waals surface area contributed by atoms with Crippen molar-refractivity contribution in [2.24, 2.45) is 11.3 Å². The molecule has 8 nitrogen and oxygen atoms in total. The number of carbonyl (C=O) groups is 2. The van der Waals surface area contributed by atoms with Crippen LogP contribution in [0.5, 0.6) is 5.88 Å². The second-order valence-electron chi connectivity index (χ2n) is 11.4. The van der Waals surface area contributed by atoms with Crippen molar-refractivity contribution in [2.45, 2.75) is 85.5 Å². The zero-order valence-corrected chi connectivity index (χ0v) is 24.7. The van der Waals surface area contributed by atoms with Gasteiger partial charge in [-0.25, -0.2) is 14.6 Å². The van der Waals surface area contributed by atoms with Gasteiger partial charge in [-0.1, -0.05) is 45.0 Å². The summed E-state index contributed by atoms with van der Waals surface area (Å²) in [5.74, 6) is -1.26. The number of esters is 1. The standard InChI is InChI=1S/C30H39F3N2O6/c1-9-39-27(36)24-22(29(5,6)7)25(40-16-19-14-20(30(31,32)33)15-34-26(19)38-8)23(21-13-11-10-12-18(21)4)35(24)28(37)41-17(2)3/h10-15,17,22-25H,9,16H2,1-8H3/t22-,23+,24+,25+/m1/s1. The van der Waals surface area contributed by atoms with E-state index in [2.05, 4.69) is 4.98 Å². The highest BCUT2D eigenvalue weighted by Crippen LogP contribution is 2.51. The van der Waals surface area contributed by atoms with Crippen LogP contribution in [0, 0.1) is 18.3 Å². The predicted octanol–water partition coefficient (Wildman–Crippen LogP) is 6.50. The van der Waals surface area contributed by atoms with Gasteiger partial charge in [0.15, 0.2) is 0 Å². The number of amides is 1. The van der Waals surface area contributed by atoms with Crippen LogP contribution >= 0.6 is 0 Å². The summed E-state index contributed by atoms with van der Waals surface area (Å²) in [5, 5.41) is 0. The molecule has 0 bridgehead atoms. The number of methoxy groups -OCH3 is 1. The first-order valence-electron chi connectivity index (χ1n) is 13.5. The van der Waals surface area contributed by atoms with Crippen molar-refractivity contribution in [3.05, 3.63) is 58.8 Å². The Morgan fingerprint density at radius 2 is 1.78 bits per heavy atom. The largest absolute Gasteiger partial charge is 0.481 e. The van der Waals surface area contributed by atoms with Gasteiger partial charge in [0.25, 0.3) is 0 Å². The van der Waals surface area contributed by atoms with Gasteiger partial charge < -0.3 is 18.9 Å². The monoisotopic (exact) mass is 580 g/mol. The summed E-state index contributed by atoms with van der Waals surface area (Å²) in [7, 11) is 1.31. The topological polar surface area (TPSA) is 87.2 Å². The lowest BCUT2D eigenvalue weighted by Gasteiger charge is -2.35. The highest BCUT2D eigenvalue weighted by molar-refractivity contribution is 5.83. The first kappa shape index (κ1) is 32.2. The molecule has 1 aromatic heterocycles. The van der Waals surface area contributed by atoms with E-state index in [1.165, 1.54) is 12.0 Å². The third-order valence-corrected chi connectivity index (χ3v) is 7.06. The fraction of sp³-hybridized carbons (Fsp3) is 0.567. The van der Waals surface area contributed by atoms with E-state index in [1.54, 1.807) is 20.8 Å². The van der Waals surface area contributed by atoms with Crippen LogP contribution in [0.4, 0.5) is 18.0 Å². The molecular formula is C30H39F3N2O6. The quantitative estimate of drug-likeness (QED) is 0.330. The Hall–Kier alpha value is -3.34. The van der Waals surface area contributed by atoms with Gasteiger partial charge in [0.2, 0.25) is 5.88 Å². The summed E-state index contributed by atoms with van der Waals surface area (Å²) in [5.41, 5.74) is 0.0656. The Kier molecular flexibility index (Phi) is 9.94. The molecule has 0 N–H and O–H groups in total. The number of rotatable bonds is 8. The van der Waals surface area contributed by atoms with Crippen LogP contribution in [0.3, 0.4) is 0 Å². The normalized spacial score (nSPS) is 21.2. The highest BCUT2D eigenvalue weighted by atomic mass is 19.4. The second-order valence-corrected chi connectivity index (χ2v) is 11.4. The van der Waals surface area contributed by atoms with Crippen molar-refractivity contribution < 1.29 is 41.7 Å². The molecule has 2 aromatic rings. The number of pyridine rings is 1. The van der Waals surface area contributed by atoms with Crippen molar-refractivity contribution in [3.63, 3.8) is 0 Å². The van der Waals surface area contributed by atoms with Crippen molar-refractivity contribution in [1.82, 2.24) is 9.88 Å². The molecule has 1 fully saturated rings. The third-order valence-electron chi connectivity index (χ3n) is 7.06. The van der Waals surface area contributed by atoms with E-state index in [0.717, 1.165) is 11.6 Å². The van der Waals surface area contributed by atoms with Crippen LogP contribution in [0.2, 0.25) is 0 Å². The highest BCUT2D eigenvalue weighted by Gasteiger charge is 2.60. The average Bonchev–Trinajstić information content (AvgIpc) is 3.22. The molecule has 0 spiro atoms. The maximum absolute atomic E-state index is 13.7. The molecular weight excluding hydrogens is 541 g/mol. The van der Waals surface area contributed by atoms with Crippen molar-refractivity contribution >= 4 is 12.1 Å². The Balaban J connectivity index is 2.21. The van der Waals surface area contributed by atoms with Crippen LogP contribution in [0.15, 0.2) is 36.5 Å². The van der Waals surface area contributed by atoms with E-state index in [9.17, 15) is 22.8 Å². The van der Waals surface area contributed by atoms with E-state index in [4.69, 9.17) is 18.9 Å². The summed E-state index contributed by atoms with van der Waals surface area (Å²) in [6, 6.07) is 6.42. The number of alkyl halides is 3. The smallest absolute Gasteiger partial charge is 0.417 e. The summed E-state index contributed by atoms with van der Waals surface area (Å²) in [6.07, 6.45) is -5.96. The Labute approximate surface area is 239 Å². The maximum Gasteiger partial charge on any atom is 0.417 e. The van der Waals surface area contributed by atoms with Crippen LogP contribution < -0.4 is 4.74 Å². The number of likely N-dealkylation sites (tertiary alicyclic amines) is 1. The number of hydrogen-bond acceptors (Lipinski definition) is 7. The minimum absolute atomic E-state index is 0.0197. The van der Waals surface area contributed by atoms with Crippen LogP contribution in [0.1, 0.15) is 69.8 Å². The average molecular weight is 581 g/mol. The van der Waals surface area contributed by atoms with Gasteiger partial charge in [-0.3, -0.25) is 4.90 Å². The summed E-state index contributed by atoms with van der Waals surface area (Å²) in [6.45, 7) is 12.5. The zero-order valence-electron chi connectivity index (χ0n) is 24.7. The Bertz CT molecular complexity index is 1230. The van der Waals surface area contributed by atoms with Gasteiger partial charge in [0.1, 0.15) is 6.04 Å². The molecule has 3 rings (SSSR count). The summed E-state index contributed by atoms with van der Waals surface area (Å²) >= 11 is 0. The lowest BCUT2D eigenvalue weighted by Crippen LogP contribution is -2.48. The van der Waals surface area contributed by atoms with E-state index in [-0.39, 0.29) is 24.7 Å². The van der Waals surface area contributed by atoms with E-state index in [1.807, 2.05) is 52.0 Å². The van der Waals surface area contributed by atoms with Gasteiger partial charge in [-0.05, 0) is 50.3 Å². The number of carbonyl (C=O) groups excluding carboxylic acids is 2. The molecule has 1 saturated heterocycles. The maximum atomic E-state index is 13.7. The van der Waals surface area contributed by atoms with E-state index >= 15 is 0 Å². The molecule has 41 heavy (non-hydrogen) atoms. The predicted molar refractivity (Wildman–Crippen MR) is 145 cm³/mol. The Morgan fingerprint density at radius 3 is 2.32 bits per heavy atom. The molecule has 0 aliphatic carbocycles. The molecule has 11 heteroatoms. The molecule has 0 unspecified atom stereocenters. The number of aromatic nitrogens is 1. The van der Waals surface area contributed by atoms with Gasteiger partial charge in [0.05, 0.1) is 44.1 Å². The number of nitrogens with zero attached hydrogens (tertiary/aromatic N) is 2. The van der Waals surface area contributed by atoms with E-state index < -0.39 is 59.4 Å². The lowest BCUT2D eigenvalue weighted by molar-refractivity contribution is -0.152. The third kappa shape index (κ3) is 7.12. The minimum Gasteiger partial charge on any atom is -0.481 e. The molecule has 0 saturated carbocycles. The van der Waals surface area contributed by atoms with Crippen molar-refractivity contribution in [1.29, 1.82) is 0 Å². The fourth-order valence-corrected chi connectivity index (χ4v) is 5.39. The van der Waals surface area contributed by atoms with E-state index in [0.29, 0.717) is 11.8 Å². The van der Waals surface area contributed by atoms with Crippen molar-refractivity contribution in [3.8, 4) is 5.88 Å². The molecule has 1 aromatic carbocycles. The van der Waals surface area contributed by atoms with Gasteiger partial charge in [0, 0.05) is 17.7 Å². The number of halogens is 3. The summed E-state index contributed by atoms with van der Waals surface area (Å²) < 4.78 is 63.3. The first-order valence-corrected chi connectivity index (χ1v) is 13.5. The number of ether oxygens (including phenoxy) is 4. The molecule has 1 amide bonds. The SMILES string of the molecule is CCOC(=O)[C@@H]1[C@@H](C(C)(C)C)[C@H](OCc2cc(C(F)(F)F)cnc2OC)[C@H](c2ccccc2C)N1C(=O)OC(C)C. The lowest BCUT2D eigenvalue weighted by atomic mass is 9.73. The fourth-order valence-electron chi connectivity index (χ4n) is 5.39. The Morgan fingerprint density at radius 1 is 1.12 bits per heavy atom. The number of aryl methyl sites for hydroxylation is 1. The van der Waals surface area contributed by atoms with Gasteiger partial charge in [-0.15, -0.1) is 0 Å². The number of benzene rings is 1. The second kappa shape index (κ2) is 12.7. The molecule has 1 aliphatic rings. The van der Waals surface area contributed by atoms with Crippen molar-refractivity contribution in [2.75, 3.05) is 13.7 Å². The molecule has 0 radical (unpaired) electrons. The van der Waals surface area contributed by atoms with Gasteiger partial charge in [-0.2, -0.15) is 13.2 Å². The molecule has 2 heterocycles. The molecule has 4 atom stereocenters.